The number of thiophene rings is 1. The summed E-state index contributed by atoms with van der Waals surface area (Å²) in [5.74, 6) is 0.0568. The predicted octanol–water partition coefficient (Wildman–Crippen LogP) is 0.876. The van der Waals surface area contributed by atoms with E-state index < -0.39 is 10.0 Å². The molecule has 1 saturated heterocycles. The minimum atomic E-state index is -3.69. The smallest absolute Gasteiger partial charge is 0.250 e. The number of amides is 1. The molecule has 0 saturated carbocycles. The van der Waals surface area contributed by atoms with Crippen molar-refractivity contribution < 1.29 is 13.2 Å². The van der Waals surface area contributed by atoms with Crippen LogP contribution >= 0.6 is 22.9 Å². The van der Waals surface area contributed by atoms with E-state index in [2.05, 4.69) is 4.72 Å². The quantitative estimate of drug-likeness (QED) is 0.823. The summed E-state index contributed by atoms with van der Waals surface area (Å²) < 4.78 is 26.8. The Bertz CT molecular complexity index is 617. The molecule has 3 N–H and O–H groups in total. The van der Waals surface area contributed by atoms with E-state index in [0.29, 0.717) is 17.4 Å². The number of rotatable bonds is 5. The fourth-order valence-electron chi connectivity index (χ4n) is 2.43. The Labute approximate surface area is 133 Å². The maximum absolute atomic E-state index is 12.1. The van der Waals surface area contributed by atoms with Gasteiger partial charge in [0, 0.05) is 12.6 Å². The number of hydrogen-bond acceptors (Lipinski definition) is 5. The highest BCUT2D eigenvalue weighted by atomic mass is 35.5. The fraction of sp³-hybridized carbons (Fsp3) is 0.583. The molecule has 1 aliphatic rings. The Balaban J connectivity index is 1.95. The second-order valence-corrected chi connectivity index (χ2v) is 8.82. The van der Waals surface area contributed by atoms with E-state index in [1.54, 1.807) is 4.90 Å². The van der Waals surface area contributed by atoms with Crippen molar-refractivity contribution in [2.45, 2.75) is 23.6 Å². The van der Waals surface area contributed by atoms with Crippen molar-refractivity contribution in [3.05, 3.63) is 16.5 Å². The summed E-state index contributed by atoms with van der Waals surface area (Å²) in [6, 6.07) is 3.02. The van der Waals surface area contributed by atoms with Crippen molar-refractivity contribution in [2.24, 2.45) is 11.7 Å². The summed E-state index contributed by atoms with van der Waals surface area (Å²) in [6.07, 6.45) is 0.857. The summed E-state index contributed by atoms with van der Waals surface area (Å²) in [7, 11) is -3.69. The molecular weight excluding hydrogens is 334 g/mol. The number of sulfonamides is 1. The second kappa shape index (κ2) is 6.62. The molecule has 2 rings (SSSR count). The molecule has 118 valence electrons. The number of nitrogens with zero attached hydrogens (tertiary/aromatic N) is 1. The molecule has 21 heavy (non-hydrogen) atoms. The lowest BCUT2D eigenvalue weighted by Gasteiger charge is -2.21. The Hall–Kier alpha value is -0.670. The van der Waals surface area contributed by atoms with Crippen molar-refractivity contribution in [3.8, 4) is 0 Å². The van der Waals surface area contributed by atoms with Gasteiger partial charge in [0.1, 0.15) is 4.21 Å². The van der Waals surface area contributed by atoms with Crippen LogP contribution in [0.5, 0.6) is 0 Å². The van der Waals surface area contributed by atoms with Crippen molar-refractivity contribution in [1.29, 1.82) is 0 Å². The van der Waals surface area contributed by atoms with Crippen molar-refractivity contribution in [3.63, 3.8) is 0 Å². The van der Waals surface area contributed by atoms with Gasteiger partial charge in [0.05, 0.1) is 10.9 Å². The van der Waals surface area contributed by atoms with Crippen molar-refractivity contribution in [2.75, 3.05) is 19.6 Å². The van der Waals surface area contributed by atoms with Crippen LogP contribution in [-0.2, 0) is 14.8 Å². The zero-order chi connectivity index (χ0) is 15.6. The Morgan fingerprint density at radius 1 is 1.57 bits per heavy atom. The topological polar surface area (TPSA) is 92.5 Å². The minimum Gasteiger partial charge on any atom is -0.339 e. The average molecular weight is 352 g/mol. The normalized spacial score (nSPS) is 22.7. The van der Waals surface area contributed by atoms with E-state index in [1.165, 1.54) is 12.1 Å². The molecule has 6 nitrogen and oxygen atoms in total. The highest BCUT2D eigenvalue weighted by molar-refractivity contribution is 7.91. The zero-order valence-corrected chi connectivity index (χ0v) is 14.0. The molecule has 1 aromatic heterocycles. The van der Waals surface area contributed by atoms with Crippen LogP contribution in [0.1, 0.15) is 13.3 Å². The SMILES string of the molecule is CC1CC(CN)CN1C(=O)CNS(=O)(=O)c1ccc(Cl)s1. The Morgan fingerprint density at radius 3 is 2.81 bits per heavy atom. The lowest BCUT2D eigenvalue weighted by atomic mass is 10.1. The molecular formula is C12H18ClN3O3S2. The van der Waals surface area contributed by atoms with E-state index >= 15 is 0 Å². The molecule has 2 atom stereocenters. The summed E-state index contributed by atoms with van der Waals surface area (Å²) in [6.45, 7) is 2.82. The van der Waals surface area contributed by atoms with Crippen molar-refractivity contribution >= 4 is 38.9 Å². The average Bonchev–Trinajstić information content (AvgIpc) is 3.02. The third-order valence-electron chi connectivity index (χ3n) is 3.54. The molecule has 0 aromatic carbocycles. The number of nitrogens with one attached hydrogen (secondary N) is 1. The van der Waals surface area contributed by atoms with Crippen LogP contribution in [0.4, 0.5) is 0 Å². The highest BCUT2D eigenvalue weighted by Crippen LogP contribution is 2.25. The van der Waals surface area contributed by atoms with Crippen LogP contribution in [0.25, 0.3) is 0 Å². The number of likely N-dealkylation sites (tertiary alicyclic amines) is 1. The maximum Gasteiger partial charge on any atom is 0.250 e. The second-order valence-electron chi connectivity index (χ2n) is 5.12. The fourth-order valence-corrected chi connectivity index (χ4v) is 4.93. The zero-order valence-electron chi connectivity index (χ0n) is 11.6. The van der Waals surface area contributed by atoms with Crippen LogP contribution in [0, 0.1) is 5.92 Å². The highest BCUT2D eigenvalue weighted by Gasteiger charge is 2.32. The van der Waals surface area contributed by atoms with Gasteiger partial charge < -0.3 is 10.6 Å². The predicted molar refractivity (Wildman–Crippen MR) is 82.9 cm³/mol. The van der Waals surface area contributed by atoms with Crippen LogP contribution in [0.15, 0.2) is 16.3 Å². The van der Waals surface area contributed by atoms with Gasteiger partial charge in [0.2, 0.25) is 5.91 Å². The first kappa shape index (κ1) is 16.7. The number of hydrogen-bond donors (Lipinski definition) is 2. The van der Waals surface area contributed by atoms with Gasteiger partial charge in [-0.1, -0.05) is 11.6 Å². The number of carbonyl (C=O) groups excluding carboxylic acids is 1. The summed E-state index contributed by atoms with van der Waals surface area (Å²) >= 11 is 6.68. The minimum absolute atomic E-state index is 0.0896. The van der Waals surface area contributed by atoms with E-state index in [1.807, 2.05) is 6.92 Å². The lowest BCUT2D eigenvalue weighted by Crippen LogP contribution is -2.41. The third kappa shape index (κ3) is 3.95. The van der Waals surface area contributed by atoms with E-state index in [0.717, 1.165) is 17.8 Å². The Kier molecular flexibility index (Phi) is 5.26. The molecule has 1 amide bonds. The van der Waals surface area contributed by atoms with Gasteiger partial charge in [0.25, 0.3) is 10.0 Å². The third-order valence-corrected chi connectivity index (χ3v) is 6.67. The van der Waals surface area contributed by atoms with Gasteiger partial charge in [-0.15, -0.1) is 11.3 Å². The summed E-state index contributed by atoms with van der Waals surface area (Å²) in [4.78, 5) is 13.8. The van der Waals surface area contributed by atoms with E-state index in [-0.39, 0.29) is 28.6 Å². The van der Waals surface area contributed by atoms with E-state index in [4.69, 9.17) is 17.3 Å². The number of carbonyl (C=O) groups is 1. The molecule has 9 heteroatoms. The number of halogens is 1. The first-order chi connectivity index (χ1) is 9.83. The lowest BCUT2D eigenvalue weighted by molar-refractivity contribution is -0.130. The molecule has 0 bridgehead atoms. The molecule has 2 heterocycles. The van der Waals surface area contributed by atoms with Crippen LogP contribution < -0.4 is 10.5 Å². The summed E-state index contributed by atoms with van der Waals surface area (Å²) in [5, 5.41) is 0. The van der Waals surface area contributed by atoms with Gasteiger partial charge in [-0.2, -0.15) is 0 Å². The number of nitrogens with two attached hydrogens (primary N) is 1. The molecule has 2 unspecified atom stereocenters. The van der Waals surface area contributed by atoms with Gasteiger partial charge >= 0.3 is 0 Å². The first-order valence-electron chi connectivity index (χ1n) is 6.58. The van der Waals surface area contributed by atoms with Gasteiger partial charge in [0.15, 0.2) is 0 Å². The van der Waals surface area contributed by atoms with Crippen LogP contribution in [-0.4, -0.2) is 44.9 Å². The van der Waals surface area contributed by atoms with E-state index in [9.17, 15) is 13.2 Å². The largest absolute Gasteiger partial charge is 0.339 e. The monoisotopic (exact) mass is 351 g/mol. The first-order valence-corrected chi connectivity index (χ1v) is 9.25. The Morgan fingerprint density at radius 2 is 2.29 bits per heavy atom. The van der Waals surface area contributed by atoms with Crippen LogP contribution in [0.2, 0.25) is 4.34 Å². The molecule has 0 aliphatic carbocycles. The molecule has 1 aromatic rings. The van der Waals surface area contributed by atoms with Crippen molar-refractivity contribution in [1.82, 2.24) is 9.62 Å². The molecule has 0 radical (unpaired) electrons. The van der Waals surface area contributed by atoms with Gasteiger partial charge in [-0.3, -0.25) is 4.79 Å². The molecule has 1 aliphatic heterocycles. The summed E-state index contributed by atoms with van der Waals surface area (Å²) in [5.41, 5.74) is 5.62. The maximum atomic E-state index is 12.1. The molecule has 1 fully saturated rings. The van der Waals surface area contributed by atoms with Gasteiger partial charge in [-0.05, 0) is 37.9 Å². The molecule has 0 spiro atoms. The standard InChI is InChI=1S/C12H18ClN3O3S2/c1-8-4-9(5-14)7-16(8)11(17)6-15-21(18,19)12-3-2-10(13)20-12/h2-3,8-9,15H,4-7,14H2,1H3. The van der Waals surface area contributed by atoms with Gasteiger partial charge in [-0.25, -0.2) is 13.1 Å². The van der Waals surface area contributed by atoms with Crippen LogP contribution in [0.3, 0.4) is 0 Å².